The van der Waals surface area contributed by atoms with Gasteiger partial charge in [0.1, 0.15) is 0 Å². The van der Waals surface area contributed by atoms with Gasteiger partial charge in [-0.05, 0) is 36.6 Å². The molecule has 0 spiro atoms. The molecule has 8 nitrogen and oxygen atoms in total. The number of allylic oxidation sites excluding steroid dienone is 2. The van der Waals surface area contributed by atoms with Crippen LogP contribution in [0.25, 0.3) is 44.5 Å². The standard InChI is InChI=1S/C30H26N6O2/c1-19-26(22-8-5-13-31-17-22)29-32-18-23-16-25(20-6-3-2-4-7-20)27(33-28(23)36(29)34-19)21-9-11-24(12-10-21)35-14-15-38-30(35)37/h2-11,13,16-18,24,30,37H,12,14-15H2,1H3. The fourth-order valence-electron chi connectivity index (χ4n) is 5.43. The van der Waals surface area contributed by atoms with Crippen LogP contribution in [-0.2, 0) is 4.74 Å². The maximum atomic E-state index is 10.2. The van der Waals surface area contributed by atoms with Gasteiger partial charge in [0, 0.05) is 47.7 Å². The average molecular weight is 503 g/mol. The zero-order valence-corrected chi connectivity index (χ0v) is 20.9. The Bertz CT molecular complexity index is 1710. The van der Waals surface area contributed by atoms with E-state index in [0.29, 0.717) is 13.2 Å². The van der Waals surface area contributed by atoms with Crippen molar-refractivity contribution in [3.8, 4) is 22.3 Å². The first-order valence-corrected chi connectivity index (χ1v) is 12.8. The molecule has 1 saturated heterocycles. The number of hydrogen-bond donors (Lipinski definition) is 1. The molecule has 1 N–H and O–H groups in total. The van der Waals surface area contributed by atoms with Gasteiger partial charge >= 0.3 is 0 Å². The third-order valence-corrected chi connectivity index (χ3v) is 7.31. The van der Waals surface area contributed by atoms with E-state index in [0.717, 1.165) is 62.3 Å². The molecule has 4 aromatic heterocycles. The summed E-state index contributed by atoms with van der Waals surface area (Å²) in [5, 5.41) is 15.9. The van der Waals surface area contributed by atoms with Crippen molar-refractivity contribution in [2.75, 3.05) is 13.2 Å². The molecule has 1 aliphatic carbocycles. The topological polar surface area (TPSA) is 88.7 Å². The minimum Gasteiger partial charge on any atom is -0.356 e. The van der Waals surface area contributed by atoms with Gasteiger partial charge in [-0.15, -0.1) is 0 Å². The molecule has 1 aromatic carbocycles. The number of fused-ring (bicyclic) bond motifs is 3. The van der Waals surface area contributed by atoms with E-state index in [9.17, 15) is 5.11 Å². The van der Waals surface area contributed by atoms with E-state index < -0.39 is 6.41 Å². The summed E-state index contributed by atoms with van der Waals surface area (Å²) in [6.45, 7) is 3.25. The molecule has 8 heteroatoms. The Kier molecular flexibility index (Phi) is 5.58. The highest BCUT2D eigenvalue weighted by molar-refractivity contribution is 5.92. The zero-order valence-electron chi connectivity index (χ0n) is 20.9. The molecule has 2 aliphatic rings. The average Bonchev–Trinajstić information content (AvgIpc) is 3.55. The molecule has 0 amide bonds. The van der Waals surface area contributed by atoms with Crippen molar-refractivity contribution in [3.05, 3.63) is 96.7 Å². The molecule has 38 heavy (non-hydrogen) atoms. The minimum absolute atomic E-state index is 0.0867. The normalized spacial score (nSPS) is 19.9. The molecule has 188 valence electrons. The van der Waals surface area contributed by atoms with Crippen LogP contribution in [-0.4, -0.2) is 60.2 Å². The number of pyridine rings is 2. The Morgan fingerprint density at radius 2 is 1.89 bits per heavy atom. The van der Waals surface area contributed by atoms with Crippen molar-refractivity contribution in [2.24, 2.45) is 0 Å². The highest BCUT2D eigenvalue weighted by Crippen LogP contribution is 2.35. The molecule has 2 unspecified atom stereocenters. The van der Waals surface area contributed by atoms with E-state index in [1.807, 2.05) is 59.1 Å². The lowest BCUT2D eigenvalue weighted by Gasteiger charge is -2.28. The van der Waals surface area contributed by atoms with Gasteiger partial charge in [-0.3, -0.25) is 4.98 Å². The largest absolute Gasteiger partial charge is 0.356 e. The molecule has 1 fully saturated rings. The summed E-state index contributed by atoms with van der Waals surface area (Å²) in [5.41, 5.74) is 8.37. The number of aliphatic hydroxyl groups is 1. The van der Waals surface area contributed by atoms with E-state index in [1.54, 1.807) is 6.20 Å². The highest BCUT2D eigenvalue weighted by atomic mass is 16.6. The van der Waals surface area contributed by atoms with Gasteiger partial charge in [-0.1, -0.05) is 54.6 Å². The lowest BCUT2D eigenvalue weighted by molar-refractivity contribution is -0.140. The highest BCUT2D eigenvalue weighted by Gasteiger charge is 2.29. The van der Waals surface area contributed by atoms with Crippen molar-refractivity contribution in [1.82, 2.24) is 29.5 Å². The van der Waals surface area contributed by atoms with Gasteiger partial charge in [-0.25, -0.2) is 14.9 Å². The van der Waals surface area contributed by atoms with Gasteiger partial charge in [0.25, 0.3) is 0 Å². The number of aryl methyl sites for hydroxylation is 1. The van der Waals surface area contributed by atoms with Gasteiger partial charge in [0.15, 0.2) is 11.3 Å². The Morgan fingerprint density at radius 1 is 1.03 bits per heavy atom. The van der Waals surface area contributed by atoms with Crippen LogP contribution >= 0.6 is 0 Å². The summed E-state index contributed by atoms with van der Waals surface area (Å²) in [5.74, 6) is 0. The summed E-state index contributed by atoms with van der Waals surface area (Å²) < 4.78 is 7.18. The molecular formula is C30H26N6O2. The SMILES string of the molecule is Cc1nn2c(ncc3cc(-c4ccccc4)c(C4=CCC(N5CCOC5O)C=C4)nc32)c1-c1cccnc1. The van der Waals surface area contributed by atoms with Crippen LogP contribution in [0.3, 0.4) is 0 Å². The van der Waals surface area contributed by atoms with Crippen LogP contribution < -0.4 is 0 Å². The van der Waals surface area contributed by atoms with Crippen molar-refractivity contribution >= 4 is 22.3 Å². The van der Waals surface area contributed by atoms with Gasteiger partial charge < -0.3 is 9.84 Å². The third-order valence-electron chi connectivity index (χ3n) is 7.31. The quantitative estimate of drug-likeness (QED) is 0.383. The van der Waals surface area contributed by atoms with Crippen molar-refractivity contribution in [2.45, 2.75) is 25.8 Å². The Morgan fingerprint density at radius 3 is 2.63 bits per heavy atom. The van der Waals surface area contributed by atoms with Crippen molar-refractivity contribution in [1.29, 1.82) is 0 Å². The van der Waals surface area contributed by atoms with E-state index in [4.69, 9.17) is 19.8 Å². The number of aromatic nitrogens is 5. The van der Waals surface area contributed by atoms with Gasteiger partial charge in [-0.2, -0.15) is 9.61 Å². The van der Waals surface area contributed by atoms with Crippen molar-refractivity contribution in [3.63, 3.8) is 0 Å². The maximum absolute atomic E-state index is 10.2. The molecule has 7 rings (SSSR count). The third kappa shape index (κ3) is 3.81. The van der Waals surface area contributed by atoms with E-state index in [2.05, 4.69) is 41.4 Å². The van der Waals surface area contributed by atoms with Crippen molar-refractivity contribution < 1.29 is 9.84 Å². The number of nitrogens with zero attached hydrogens (tertiary/aromatic N) is 6. The zero-order chi connectivity index (χ0) is 25.6. The minimum atomic E-state index is -0.851. The number of benzene rings is 1. The summed E-state index contributed by atoms with van der Waals surface area (Å²) in [6.07, 6.45) is 11.8. The molecule has 5 heterocycles. The van der Waals surface area contributed by atoms with E-state index in [1.165, 1.54) is 0 Å². The summed E-state index contributed by atoms with van der Waals surface area (Å²) in [4.78, 5) is 16.3. The second-order valence-corrected chi connectivity index (χ2v) is 9.62. The Hall–Kier alpha value is -4.24. The first-order valence-electron chi connectivity index (χ1n) is 12.8. The first kappa shape index (κ1) is 22.9. The second kappa shape index (κ2) is 9.25. The molecule has 1 aliphatic heterocycles. The Labute approximate surface area is 219 Å². The van der Waals surface area contributed by atoms with Crippen LogP contribution in [0.2, 0.25) is 0 Å². The maximum Gasteiger partial charge on any atom is 0.216 e. The lowest BCUT2D eigenvalue weighted by Crippen LogP contribution is -2.38. The summed E-state index contributed by atoms with van der Waals surface area (Å²) in [7, 11) is 0. The summed E-state index contributed by atoms with van der Waals surface area (Å²) >= 11 is 0. The molecule has 0 bridgehead atoms. The predicted molar refractivity (Wildman–Crippen MR) is 146 cm³/mol. The lowest BCUT2D eigenvalue weighted by atomic mass is 9.93. The number of aliphatic hydroxyl groups excluding tert-OH is 1. The van der Waals surface area contributed by atoms with Crippen LogP contribution in [0.5, 0.6) is 0 Å². The smallest absolute Gasteiger partial charge is 0.216 e. The van der Waals surface area contributed by atoms with Crippen LogP contribution in [0, 0.1) is 6.92 Å². The van der Waals surface area contributed by atoms with E-state index >= 15 is 0 Å². The molecule has 0 radical (unpaired) electrons. The van der Waals surface area contributed by atoms with Crippen LogP contribution in [0.1, 0.15) is 17.8 Å². The first-order chi connectivity index (χ1) is 18.7. The van der Waals surface area contributed by atoms with Crippen LogP contribution in [0.15, 0.2) is 85.3 Å². The van der Waals surface area contributed by atoms with E-state index in [-0.39, 0.29) is 6.04 Å². The predicted octanol–water partition coefficient (Wildman–Crippen LogP) is 4.63. The van der Waals surface area contributed by atoms with Gasteiger partial charge in [0.05, 0.1) is 23.6 Å². The van der Waals surface area contributed by atoms with Gasteiger partial charge in [0.2, 0.25) is 6.41 Å². The number of rotatable bonds is 4. The monoisotopic (exact) mass is 502 g/mol. The summed E-state index contributed by atoms with van der Waals surface area (Å²) in [6, 6.07) is 16.5. The molecule has 5 aromatic rings. The fourth-order valence-corrected chi connectivity index (χ4v) is 5.43. The molecule has 2 atom stereocenters. The molecule has 0 saturated carbocycles. The second-order valence-electron chi connectivity index (χ2n) is 9.62. The Balaban J connectivity index is 1.39. The fraction of sp³-hybridized carbons (Fsp3) is 0.200. The molecular weight excluding hydrogens is 476 g/mol. The number of hydrogen-bond acceptors (Lipinski definition) is 7. The number of ether oxygens (including phenoxy) is 1. The van der Waals surface area contributed by atoms with Crippen LogP contribution in [0.4, 0.5) is 0 Å².